The van der Waals surface area contributed by atoms with Gasteiger partial charge < -0.3 is 14.8 Å². The molecular formula is C22H24BrN3O3. The van der Waals surface area contributed by atoms with Crippen molar-refractivity contribution in [3.05, 3.63) is 58.2 Å². The minimum atomic E-state index is -0.254. The third-order valence-corrected chi connectivity index (χ3v) is 5.60. The highest BCUT2D eigenvalue weighted by molar-refractivity contribution is 9.10. The summed E-state index contributed by atoms with van der Waals surface area (Å²) in [5.41, 5.74) is 2.82. The Hall–Kier alpha value is -2.38. The number of carbonyl (C=O) groups excluding carboxylic acids is 1. The van der Waals surface area contributed by atoms with Gasteiger partial charge in [-0.2, -0.15) is 5.10 Å². The summed E-state index contributed by atoms with van der Waals surface area (Å²) < 4.78 is 14.3. The van der Waals surface area contributed by atoms with Gasteiger partial charge >= 0.3 is 5.97 Å². The van der Waals surface area contributed by atoms with E-state index in [-0.39, 0.29) is 12.4 Å². The quantitative estimate of drug-likeness (QED) is 0.542. The van der Waals surface area contributed by atoms with E-state index in [0.717, 1.165) is 46.1 Å². The van der Waals surface area contributed by atoms with Crippen LogP contribution in [0.15, 0.2) is 46.9 Å². The maximum atomic E-state index is 11.9. The molecule has 1 aliphatic heterocycles. The Balaban J connectivity index is 1.59. The second-order valence-corrected chi connectivity index (χ2v) is 7.99. The number of carbonyl (C=O) groups is 1. The lowest BCUT2D eigenvalue weighted by molar-refractivity contribution is -0.142. The van der Waals surface area contributed by atoms with E-state index in [9.17, 15) is 4.79 Å². The molecule has 7 heteroatoms. The first-order valence-electron chi connectivity index (χ1n) is 9.89. The molecule has 1 fully saturated rings. The first kappa shape index (κ1) is 19.9. The fourth-order valence-corrected chi connectivity index (χ4v) is 4.08. The zero-order valence-corrected chi connectivity index (χ0v) is 17.9. The summed E-state index contributed by atoms with van der Waals surface area (Å²) in [5, 5.41) is 9.37. The number of aromatic nitrogens is 2. The molecule has 2 heterocycles. The largest absolute Gasteiger partial charge is 0.487 e. The molecule has 0 aliphatic carbocycles. The molecule has 0 amide bonds. The maximum Gasteiger partial charge on any atom is 0.310 e. The van der Waals surface area contributed by atoms with E-state index >= 15 is 0 Å². The topological polar surface area (TPSA) is 65.4 Å². The third-order valence-electron chi connectivity index (χ3n) is 5.10. The van der Waals surface area contributed by atoms with E-state index in [4.69, 9.17) is 14.6 Å². The molecule has 0 bridgehead atoms. The van der Waals surface area contributed by atoms with Gasteiger partial charge in [0.05, 0.1) is 24.6 Å². The Morgan fingerprint density at radius 1 is 1.31 bits per heavy atom. The van der Waals surface area contributed by atoms with Gasteiger partial charge in [0.25, 0.3) is 0 Å². The van der Waals surface area contributed by atoms with Crippen molar-refractivity contribution in [1.29, 1.82) is 0 Å². The number of para-hydroxylation sites is 1. The molecule has 1 aromatic heterocycles. The van der Waals surface area contributed by atoms with E-state index in [1.165, 1.54) is 0 Å². The van der Waals surface area contributed by atoms with Gasteiger partial charge in [-0.3, -0.25) is 9.48 Å². The molecule has 1 aliphatic rings. The Bertz CT molecular complexity index is 1010. The van der Waals surface area contributed by atoms with Crippen molar-refractivity contribution in [3.8, 4) is 5.75 Å². The summed E-state index contributed by atoms with van der Waals surface area (Å²) in [6.07, 6.45) is 1.26. The molecule has 1 N–H and O–H groups in total. The number of hydrogen-bond donors (Lipinski definition) is 1. The predicted molar refractivity (Wildman–Crippen MR) is 115 cm³/mol. The summed E-state index contributed by atoms with van der Waals surface area (Å²) in [6.45, 7) is 4.45. The fourth-order valence-electron chi connectivity index (χ4n) is 3.71. The number of fused-ring (bicyclic) bond motifs is 1. The molecular weight excluding hydrogens is 434 g/mol. The maximum absolute atomic E-state index is 11.9. The van der Waals surface area contributed by atoms with Crippen LogP contribution in [0.2, 0.25) is 0 Å². The summed E-state index contributed by atoms with van der Waals surface area (Å²) in [5.74, 6) is 0.428. The zero-order valence-electron chi connectivity index (χ0n) is 16.4. The van der Waals surface area contributed by atoms with Gasteiger partial charge in [-0.15, -0.1) is 0 Å². The van der Waals surface area contributed by atoms with Crippen LogP contribution in [0.25, 0.3) is 10.9 Å². The minimum absolute atomic E-state index is 0.193. The van der Waals surface area contributed by atoms with Crippen LogP contribution in [0.1, 0.15) is 30.6 Å². The number of benzene rings is 2. The van der Waals surface area contributed by atoms with Crippen molar-refractivity contribution >= 4 is 32.8 Å². The van der Waals surface area contributed by atoms with Crippen molar-refractivity contribution in [1.82, 2.24) is 15.1 Å². The Morgan fingerprint density at radius 3 is 2.97 bits per heavy atom. The normalized spacial score (nSPS) is 16.3. The van der Waals surface area contributed by atoms with Gasteiger partial charge in [0.15, 0.2) is 0 Å². The Morgan fingerprint density at radius 2 is 2.17 bits per heavy atom. The SMILES string of the molecule is CCOC(=O)Cc1ccccc1OCc1nn([C@@H]2CCNC2)c2ccc(Br)cc12. The number of ether oxygens (including phenoxy) is 2. The van der Waals surface area contributed by atoms with Crippen molar-refractivity contribution in [3.63, 3.8) is 0 Å². The molecule has 1 atom stereocenters. The van der Waals surface area contributed by atoms with Crippen molar-refractivity contribution < 1.29 is 14.3 Å². The molecule has 0 radical (unpaired) electrons. The van der Waals surface area contributed by atoms with Gasteiger partial charge in [0.2, 0.25) is 0 Å². The van der Waals surface area contributed by atoms with E-state index < -0.39 is 0 Å². The standard InChI is InChI=1S/C22H24BrN3O3/c1-2-28-22(27)11-15-5-3-4-6-21(15)29-14-19-18-12-16(23)7-8-20(18)26(25-19)17-9-10-24-13-17/h3-8,12,17,24H,2,9-11,13-14H2,1H3/t17-/m1/s1. The predicted octanol–water partition coefficient (Wildman–Crippen LogP) is 4.02. The van der Waals surface area contributed by atoms with Gasteiger partial charge in [-0.1, -0.05) is 34.1 Å². The van der Waals surface area contributed by atoms with Crippen LogP contribution in [0.3, 0.4) is 0 Å². The highest BCUT2D eigenvalue weighted by Crippen LogP contribution is 2.29. The monoisotopic (exact) mass is 457 g/mol. The van der Waals surface area contributed by atoms with Gasteiger partial charge in [-0.05, 0) is 44.2 Å². The lowest BCUT2D eigenvalue weighted by Crippen LogP contribution is -2.14. The summed E-state index contributed by atoms with van der Waals surface area (Å²) in [6, 6.07) is 14.2. The smallest absolute Gasteiger partial charge is 0.310 e. The van der Waals surface area contributed by atoms with E-state index in [1.807, 2.05) is 30.3 Å². The second kappa shape index (κ2) is 8.97. The molecule has 29 heavy (non-hydrogen) atoms. The molecule has 1 saturated heterocycles. The number of esters is 1. The second-order valence-electron chi connectivity index (χ2n) is 7.08. The van der Waals surface area contributed by atoms with Crippen LogP contribution in [-0.4, -0.2) is 35.4 Å². The minimum Gasteiger partial charge on any atom is -0.487 e. The van der Waals surface area contributed by atoms with E-state index in [2.05, 4.69) is 38.1 Å². The summed E-state index contributed by atoms with van der Waals surface area (Å²) >= 11 is 3.57. The van der Waals surface area contributed by atoms with Gasteiger partial charge in [0, 0.05) is 22.0 Å². The number of nitrogens with one attached hydrogen (secondary N) is 1. The van der Waals surface area contributed by atoms with Crippen molar-refractivity contribution in [2.45, 2.75) is 32.4 Å². The molecule has 0 spiro atoms. The van der Waals surface area contributed by atoms with Crippen LogP contribution in [0.4, 0.5) is 0 Å². The van der Waals surface area contributed by atoms with Crippen molar-refractivity contribution in [2.24, 2.45) is 0 Å². The third kappa shape index (κ3) is 4.46. The molecule has 3 aromatic rings. The first-order chi connectivity index (χ1) is 14.2. The van der Waals surface area contributed by atoms with Crippen LogP contribution in [0.5, 0.6) is 5.75 Å². The number of nitrogens with zero attached hydrogens (tertiary/aromatic N) is 2. The van der Waals surface area contributed by atoms with Crippen LogP contribution < -0.4 is 10.1 Å². The Labute approximate surface area is 178 Å². The van der Waals surface area contributed by atoms with Crippen LogP contribution >= 0.6 is 15.9 Å². The molecule has 4 rings (SSSR count). The number of hydrogen-bond acceptors (Lipinski definition) is 5. The number of rotatable bonds is 7. The number of halogens is 1. The average Bonchev–Trinajstić information content (AvgIpc) is 3.35. The molecule has 0 unspecified atom stereocenters. The fraction of sp³-hybridized carbons (Fsp3) is 0.364. The lowest BCUT2D eigenvalue weighted by Gasteiger charge is -2.11. The van der Waals surface area contributed by atoms with E-state index in [1.54, 1.807) is 6.92 Å². The summed E-state index contributed by atoms with van der Waals surface area (Å²) in [4.78, 5) is 11.9. The first-order valence-corrected chi connectivity index (χ1v) is 10.7. The lowest BCUT2D eigenvalue weighted by atomic mass is 10.1. The molecule has 0 saturated carbocycles. The molecule has 6 nitrogen and oxygen atoms in total. The highest BCUT2D eigenvalue weighted by Gasteiger charge is 2.22. The van der Waals surface area contributed by atoms with Crippen LogP contribution in [0, 0.1) is 0 Å². The van der Waals surface area contributed by atoms with Crippen LogP contribution in [-0.2, 0) is 22.6 Å². The molecule has 152 valence electrons. The van der Waals surface area contributed by atoms with Gasteiger partial charge in [0.1, 0.15) is 18.1 Å². The van der Waals surface area contributed by atoms with Gasteiger partial charge in [-0.25, -0.2) is 0 Å². The Kier molecular flexibility index (Phi) is 6.16. The van der Waals surface area contributed by atoms with E-state index in [0.29, 0.717) is 25.0 Å². The summed E-state index contributed by atoms with van der Waals surface area (Å²) in [7, 11) is 0. The highest BCUT2D eigenvalue weighted by atomic mass is 79.9. The molecule has 2 aromatic carbocycles. The van der Waals surface area contributed by atoms with Crippen molar-refractivity contribution in [2.75, 3.05) is 19.7 Å². The zero-order chi connectivity index (χ0) is 20.2. The average molecular weight is 458 g/mol.